The first-order valence-corrected chi connectivity index (χ1v) is 13.3. The van der Waals surface area contributed by atoms with Crippen LogP contribution in [0.5, 0.6) is 11.5 Å². The summed E-state index contributed by atoms with van der Waals surface area (Å²) in [6.07, 6.45) is 6.86. The number of hydrogen-bond acceptors (Lipinski definition) is 7. The third-order valence-corrected chi connectivity index (χ3v) is 6.54. The summed E-state index contributed by atoms with van der Waals surface area (Å²) in [5.74, 6) is 3.29. The Morgan fingerprint density at radius 3 is 2.68 bits per heavy atom. The summed E-state index contributed by atoms with van der Waals surface area (Å²) in [6.45, 7) is 2.51. The smallest absolute Gasteiger partial charge is 0.271 e. The number of amides is 1. The van der Waals surface area contributed by atoms with Gasteiger partial charge in [-0.25, -0.2) is 10.4 Å². The summed E-state index contributed by atoms with van der Waals surface area (Å²) in [4.78, 5) is 17.2. The number of para-hydroxylation sites is 1. The molecule has 4 rings (SSSR count). The van der Waals surface area contributed by atoms with E-state index in [0.717, 1.165) is 31.2 Å². The normalized spacial score (nSPS) is 10.6. The van der Waals surface area contributed by atoms with Crippen LogP contribution in [0.3, 0.4) is 0 Å². The van der Waals surface area contributed by atoms with Crippen molar-refractivity contribution < 1.29 is 14.3 Å². The average Bonchev–Trinajstić information content (AvgIpc) is 3.37. The molecule has 0 aliphatic carbocycles. The molecule has 1 amide bonds. The van der Waals surface area contributed by atoms with Crippen molar-refractivity contribution in [1.29, 1.82) is 0 Å². The second-order valence-electron chi connectivity index (χ2n) is 7.56. The summed E-state index contributed by atoms with van der Waals surface area (Å²) in [5, 5.41) is 10.2. The van der Waals surface area contributed by atoms with Gasteiger partial charge in [-0.1, -0.05) is 36.3 Å². The zero-order valence-corrected chi connectivity index (χ0v) is 22.9. The van der Waals surface area contributed by atoms with Crippen LogP contribution in [0.1, 0.15) is 22.8 Å². The average molecular weight is 622 g/mol. The van der Waals surface area contributed by atoms with Gasteiger partial charge < -0.3 is 14.8 Å². The van der Waals surface area contributed by atoms with Crippen LogP contribution in [0.25, 0.3) is 11.3 Å². The quantitative estimate of drug-likeness (QED) is 0.0935. The van der Waals surface area contributed by atoms with Crippen LogP contribution in [0.4, 0.5) is 10.8 Å². The predicted octanol–water partition coefficient (Wildman–Crippen LogP) is 6.33. The van der Waals surface area contributed by atoms with Crippen molar-refractivity contribution in [3.05, 3.63) is 86.8 Å². The lowest BCUT2D eigenvalue weighted by molar-refractivity contribution is 0.0955. The molecule has 0 saturated heterocycles. The van der Waals surface area contributed by atoms with E-state index in [-0.39, 0.29) is 12.5 Å². The number of carbonyl (C=O) groups is 1. The van der Waals surface area contributed by atoms with E-state index in [0.29, 0.717) is 23.7 Å². The lowest BCUT2D eigenvalue weighted by Gasteiger charge is -2.13. The molecule has 0 aliphatic heterocycles. The van der Waals surface area contributed by atoms with Crippen LogP contribution in [0.15, 0.2) is 77.2 Å². The highest BCUT2D eigenvalue weighted by Gasteiger charge is 2.12. The van der Waals surface area contributed by atoms with Crippen molar-refractivity contribution in [3.63, 3.8) is 0 Å². The van der Waals surface area contributed by atoms with E-state index in [9.17, 15) is 4.79 Å². The molecule has 37 heavy (non-hydrogen) atoms. The lowest BCUT2D eigenvalue weighted by atomic mass is 10.1. The highest BCUT2D eigenvalue weighted by atomic mass is 127. The van der Waals surface area contributed by atoms with E-state index in [4.69, 9.17) is 15.9 Å². The maximum Gasteiger partial charge on any atom is 0.271 e. The van der Waals surface area contributed by atoms with Gasteiger partial charge in [0.2, 0.25) is 0 Å². The first-order valence-electron chi connectivity index (χ1n) is 11.3. The molecule has 0 unspecified atom stereocenters. The molecule has 3 aromatic carbocycles. The summed E-state index contributed by atoms with van der Waals surface area (Å²) in [6, 6.07) is 20.8. The van der Waals surface area contributed by atoms with E-state index >= 15 is 0 Å². The molecule has 2 N–H and O–H groups in total. The summed E-state index contributed by atoms with van der Waals surface area (Å²) in [7, 11) is 0. The molecular weight excluding hydrogens is 599 g/mol. The minimum Gasteiger partial charge on any atom is -0.490 e. The molecule has 1 heterocycles. The van der Waals surface area contributed by atoms with Gasteiger partial charge in [-0.3, -0.25) is 4.79 Å². The third kappa shape index (κ3) is 7.09. The Balaban J connectivity index is 1.38. The van der Waals surface area contributed by atoms with Gasteiger partial charge in [-0.15, -0.1) is 17.8 Å². The van der Waals surface area contributed by atoms with Crippen LogP contribution in [-0.4, -0.2) is 30.3 Å². The summed E-state index contributed by atoms with van der Waals surface area (Å²) < 4.78 is 12.1. The van der Waals surface area contributed by atoms with Crippen molar-refractivity contribution >= 4 is 56.9 Å². The molecule has 7 nitrogen and oxygen atoms in total. The van der Waals surface area contributed by atoms with Crippen LogP contribution < -0.4 is 20.2 Å². The molecular formula is C28H23IN4O3S. The van der Waals surface area contributed by atoms with Gasteiger partial charge in [0.15, 0.2) is 16.6 Å². The maximum atomic E-state index is 12.6. The van der Waals surface area contributed by atoms with E-state index in [2.05, 4.69) is 49.3 Å². The number of nitrogens with one attached hydrogen (secondary N) is 2. The number of thiazole rings is 1. The Kier molecular flexibility index (Phi) is 9.13. The van der Waals surface area contributed by atoms with Gasteiger partial charge in [0, 0.05) is 22.2 Å². The highest BCUT2D eigenvalue weighted by molar-refractivity contribution is 14.1. The second-order valence-corrected chi connectivity index (χ2v) is 9.58. The molecule has 0 fully saturated rings. The number of hydrazone groups is 1. The fourth-order valence-electron chi connectivity index (χ4n) is 3.31. The Bertz CT molecular complexity index is 1430. The maximum absolute atomic E-state index is 12.6. The molecule has 0 radical (unpaired) electrons. The number of anilines is 2. The first-order chi connectivity index (χ1) is 18.1. The highest BCUT2D eigenvalue weighted by Crippen LogP contribution is 2.34. The minimum absolute atomic E-state index is 0.145. The fourth-order valence-corrected chi connectivity index (χ4v) is 4.83. The summed E-state index contributed by atoms with van der Waals surface area (Å²) in [5.41, 5.74) is 6.54. The Morgan fingerprint density at radius 1 is 1.16 bits per heavy atom. The number of nitrogens with zero attached hydrogens (tertiary/aromatic N) is 2. The first kappa shape index (κ1) is 26.2. The predicted molar refractivity (Wildman–Crippen MR) is 157 cm³/mol. The zero-order chi connectivity index (χ0) is 26.0. The molecule has 0 aliphatic rings. The van der Waals surface area contributed by atoms with Gasteiger partial charge in [0.1, 0.15) is 6.61 Å². The topological polar surface area (TPSA) is 84.8 Å². The number of terminal acetylenes is 1. The number of carbonyl (C=O) groups excluding carboxylic acids is 1. The van der Waals surface area contributed by atoms with Crippen molar-refractivity contribution in [2.24, 2.45) is 5.10 Å². The minimum atomic E-state index is -0.318. The van der Waals surface area contributed by atoms with Crippen molar-refractivity contribution in [3.8, 4) is 35.1 Å². The Morgan fingerprint density at radius 2 is 1.95 bits per heavy atom. The molecule has 1 aromatic heterocycles. The Hall–Kier alpha value is -3.88. The van der Waals surface area contributed by atoms with Gasteiger partial charge in [-0.2, -0.15) is 5.10 Å². The van der Waals surface area contributed by atoms with Gasteiger partial charge in [-0.05, 0) is 71.5 Å². The number of hydrogen-bond donors (Lipinski definition) is 2. The molecule has 0 atom stereocenters. The SMILES string of the molecule is C#CCOc1c(I)cc(/C=N\NC(=O)c2ccc(-c3csc(Nc4ccccc4)n3)cc2)cc1OCC. The standard InChI is InChI=1S/C28H23IN4O3S/c1-3-14-36-26-23(29)15-19(16-25(26)35-4-2)17-30-33-27(34)21-12-10-20(11-13-21)24-18-37-28(32-24)31-22-8-6-5-7-9-22/h1,5-13,15-18H,4,14H2,2H3,(H,31,32)(H,33,34)/b30-17-. The number of benzene rings is 3. The van der Waals surface area contributed by atoms with Gasteiger partial charge >= 0.3 is 0 Å². The largest absolute Gasteiger partial charge is 0.490 e. The number of halogens is 1. The molecule has 0 bridgehead atoms. The fraction of sp³-hybridized carbons (Fsp3) is 0.107. The van der Waals surface area contributed by atoms with Gasteiger partial charge in [0.25, 0.3) is 5.91 Å². The van der Waals surface area contributed by atoms with Crippen LogP contribution in [0, 0.1) is 15.9 Å². The van der Waals surface area contributed by atoms with Gasteiger partial charge in [0.05, 0.1) is 22.1 Å². The lowest BCUT2D eigenvalue weighted by Crippen LogP contribution is -2.17. The van der Waals surface area contributed by atoms with Crippen molar-refractivity contribution in [2.45, 2.75) is 6.92 Å². The molecule has 4 aromatic rings. The van der Waals surface area contributed by atoms with E-state index in [1.165, 1.54) is 11.3 Å². The van der Waals surface area contributed by atoms with Crippen molar-refractivity contribution in [1.82, 2.24) is 10.4 Å². The number of rotatable bonds is 10. The summed E-state index contributed by atoms with van der Waals surface area (Å²) >= 11 is 3.67. The zero-order valence-electron chi connectivity index (χ0n) is 19.9. The van der Waals surface area contributed by atoms with Crippen LogP contribution in [-0.2, 0) is 0 Å². The number of ether oxygens (including phenoxy) is 2. The van der Waals surface area contributed by atoms with E-state index < -0.39 is 0 Å². The Labute approximate surface area is 233 Å². The molecule has 0 saturated carbocycles. The third-order valence-electron chi connectivity index (χ3n) is 4.98. The van der Waals surface area contributed by atoms with E-state index in [1.54, 1.807) is 24.4 Å². The van der Waals surface area contributed by atoms with Crippen LogP contribution >= 0.6 is 33.9 Å². The van der Waals surface area contributed by atoms with Crippen molar-refractivity contribution in [2.75, 3.05) is 18.5 Å². The monoisotopic (exact) mass is 622 g/mol. The van der Waals surface area contributed by atoms with Crippen LogP contribution in [0.2, 0.25) is 0 Å². The van der Waals surface area contributed by atoms with E-state index in [1.807, 2.05) is 60.8 Å². The molecule has 186 valence electrons. The second kappa shape index (κ2) is 12.9. The molecule has 9 heteroatoms. The number of aromatic nitrogens is 1. The molecule has 0 spiro atoms.